The third-order valence-corrected chi connectivity index (χ3v) is 4.40. The first kappa shape index (κ1) is 14.2. The SMILES string of the molecule is CCN1CC(Cc2ccccc2)c2cc(CNC)ccc21. The second-order valence-corrected chi connectivity index (χ2v) is 5.85. The molecule has 0 saturated heterocycles. The van der Waals surface area contributed by atoms with Crippen molar-refractivity contribution in [2.75, 3.05) is 25.0 Å². The smallest absolute Gasteiger partial charge is 0.0402 e. The molecule has 110 valence electrons. The molecule has 1 aliphatic rings. The Morgan fingerprint density at radius 1 is 1.10 bits per heavy atom. The molecule has 1 N–H and O–H groups in total. The Morgan fingerprint density at radius 3 is 2.62 bits per heavy atom. The van der Waals surface area contributed by atoms with E-state index >= 15 is 0 Å². The number of likely N-dealkylation sites (N-methyl/N-ethyl adjacent to an activating group) is 1. The summed E-state index contributed by atoms with van der Waals surface area (Å²) in [5.74, 6) is 0.610. The van der Waals surface area contributed by atoms with Gasteiger partial charge in [0.05, 0.1) is 0 Å². The van der Waals surface area contributed by atoms with Crippen LogP contribution in [0.25, 0.3) is 0 Å². The first-order valence-corrected chi connectivity index (χ1v) is 7.88. The zero-order valence-electron chi connectivity index (χ0n) is 13.0. The second-order valence-electron chi connectivity index (χ2n) is 5.85. The molecular weight excluding hydrogens is 256 g/mol. The van der Waals surface area contributed by atoms with E-state index in [1.807, 2.05) is 7.05 Å². The number of rotatable bonds is 5. The summed E-state index contributed by atoms with van der Waals surface area (Å²) in [6.45, 7) is 5.42. The summed E-state index contributed by atoms with van der Waals surface area (Å²) in [5.41, 5.74) is 5.77. The fraction of sp³-hybridized carbons (Fsp3) is 0.368. The van der Waals surface area contributed by atoms with E-state index in [0.717, 1.165) is 26.1 Å². The number of anilines is 1. The van der Waals surface area contributed by atoms with Gasteiger partial charge in [-0.25, -0.2) is 0 Å². The Morgan fingerprint density at radius 2 is 1.90 bits per heavy atom. The molecule has 0 aromatic heterocycles. The highest BCUT2D eigenvalue weighted by Crippen LogP contribution is 2.38. The predicted molar refractivity (Wildman–Crippen MR) is 90.0 cm³/mol. The molecule has 0 fully saturated rings. The van der Waals surface area contributed by atoms with Gasteiger partial charge in [-0.1, -0.05) is 42.5 Å². The normalized spacial score (nSPS) is 17.0. The highest BCUT2D eigenvalue weighted by atomic mass is 15.1. The lowest BCUT2D eigenvalue weighted by molar-refractivity contribution is 0.697. The van der Waals surface area contributed by atoms with Gasteiger partial charge in [-0.15, -0.1) is 0 Å². The molecule has 1 unspecified atom stereocenters. The summed E-state index contributed by atoms with van der Waals surface area (Å²) in [7, 11) is 2.01. The summed E-state index contributed by atoms with van der Waals surface area (Å²) < 4.78 is 0. The average molecular weight is 280 g/mol. The number of fused-ring (bicyclic) bond motifs is 1. The molecule has 1 heterocycles. The molecule has 21 heavy (non-hydrogen) atoms. The number of nitrogens with one attached hydrogen (secondary N) is 1. The summed E-state index contributed by atoms with van der Waals surface area (Å²) in [6, 6.07) is 17.8. The maximum atomic E-state index is 3.25. The van der Waals surface area contributed by atoms with Gasteiger partial charge < -0.3 is 10.2 Å². The largest absolute Gasteiger partial charge is 0.371 e. The molecule has 0 spiro atoms. The van der Waals surface area contributed by atoms with Crippen molar-refractivity contribution in [2.24, 2.45) is 0 Å². The van der Waals surface area contributed by atoms with Crippen molar-refractivity contribution in [3.63, 3.8) is 0 Å². The van der Waals surface area contributed by atoms with Crippen LogP contribution >= 0.6 is 0 Å². The predicted octanol–water partition coefficient (Wildman–Crippen LogP) is 3.57. The van der Waals surface area contributed by atoms with E-state index in [4.69, 9.17) is 0 Å². The molecule has 1 atom stereocenters. The van der Waals surface area contributed by atoms with Crippen molar-refractivity contribution in [1.82, 2.24) is 5.32 Å². The third-order valence-electron chi connectivity index (χ3n) is 4.40. The Labute approximate surface area is 127 Å². The third kappa shape index (κ3) is 2.96. The van der Waals surface area contributed by atoms with Crippen LogP contribution in [-0.2, 0) is 13.0 Å². The van der Waals surface area contributed by atoms with E-state index in [-0.39, 0.29) is 0 Å². The molecule has 2 heteroatoms. The monoisotopic (exact) mass is 280 g/mol. The van der Waals surface area contributed by atoms with Gasteiger partial charge >= 0.3 is 0 Å². The Balaban J connectivity index is 1.89. The average Bonchev–Trinajstić information content (AvgIpc) is 2.86. The highest BCUT2D eigenvalue weighted by Gasteiger charge is 2.27. The topological polar surface area (TPSA) is 15.3 Å². The Kier molecular flexibility index (Phi) is 4.26. The zero-order valence-corrected chi connectivity index (χ0v) is 13.0. The van der Waals surface area contributed by atoms with Crippen LogP contribution in [0, 0.1) is 0 Å². The summed E-state index contributed by atoms with van der Waals surface area (Å²) >= 11 is 0. The minimum absolute atomic E-state index is 0.610. The van der Waals surface area contributed by atoms with Crippen LogP contribution < -0.4 is 10.2 Å². The van der Waals surface area contributed by atoms with Crippen LogP contribution in [0.15, 0.2) is 48.5 Å². The maximum Gasteiger partial charge on any atom is 0.0402 e. The lowest BCUT2D eigenvalue weighted by Crippen LogP contribution is -2.21. The van der Waals surface area contributed by atoms with Crippen LogP contribution in [0.3, 0.4) is 0 Å². The Hall–Kier alpha value is -1.80. The molecule has 2 aromatic carbocycles. The van der Waals surface area contributed by atoms with Gasteiger partial charge in [0.2, 0.25) is 0 Å². The summed E-state index contributed by atoms with van der Waals surface area (Å²) in [5, 5.41) is 3.25. The Bertz CT molecular complexity index is 592. The van der Waals surface area contributed by atoms with Crippen molar-refractivity contribution in [1.29, 1.82) is 0 Å². The van der Waals surface area contributed by atoms with E-state index in [1.54, 1.807) is 0 Å². The standard InChI is InChI=1S/C19H24N2/c1-3-21-14-17(11-15-7-5-4-6-8-15)18-12-16(13-20-2)9-10-19(18)21/h4-10,12,17,20H,3,11,13-14H2,1-2H3. The minimum atomic E-state index is 0.610. The van der Waals surface area contributed by atoms with Crippen LogP contribution in [0.5, 0.6) is 0 Å². The van der Waals surface area contributed by atoms with E-state index in [9.17, 15) is 0 Å². The summed E-state index contributed by atoms with van der Waals surface area (Å²) in [6.07, 6.45) is 1.13. The molecule has 0 saturated carbocycles. The zero-order chi connectivity index (χ0) is 14.7. The van der Waals surface area contributed by atoms with Gasteiger partial charge in [0.1, 0.15) is 0 Å². The van der Waals surface area contributed by atoms with Crippen molar-refractivity contribution in [3.05, 3.63) is 65.2 Å². The van der Waals surface area contributed by atoms with Crippen LogP contribution in [0.2, 0.25) is 0 Å². The first-order chi connectivity index (χ1) is 10.3. The van der Waals surface area contributed by atoms with Gasteiger partial charge in [-0.05, 0) is 43.1 Å². The fourth-order valence-electron chi connectivity index (χ4n) is 3.37. The molecular formula is C19H24N2. The molecule has 0 amide bonds. The first-order valence-electron chi connectivity index (χ1n) is 7.88. The molecule has 2 aromatic rings. The lowest BCUT2D eigenvalue weighted by atomic mass is 9.92. The molecule has 0 aliphatic carbocycles. The number of hydrogen-bond donors (Lipinski definition) is 1. The van der Waals surface area contributed by atoms with Crippen LogP contribution in [0.1, 0.15) is 29.5 Å². The van der Waals surface area contributed by atoms with Crippen LogP contribution in [0.4, 0.5) is 5.69 Å². The second kappa shape index (κ2) is 6.31. The summed E-state index contributed by atoms with van der Waals surface area (Å²) in [4.78, 5) is 2.51. The molecule has 1 aliphatic heterocycles. The van der Waals surface area contributed by atoms with E-state index < -0.39 is 0 Å². The van der Waals surface area contributed by atoms with Crippen molar-refractivity contribution < 1.29 is 0 Å². The molecule has 3 rings (SSSR count). The quantitative estimate of drug-likeness (QED) is 0.900. The van der Waals surface area contributed by atoms with E-state index in [0.29, 0.717) is 5.92 Å². The molecule has 2 nitrogen and oxygen atoms in total. The lowest BCUT2D eigenvalue weighted by Gasteiger charge is -2.17. The van der Waals surface area contributed by atoms with Crippen molar-refractivity contribution in [3.8, 4) is 0 Å². The number of hydrogen-bond acceptors (Lipinski definition) is 2. The number of nitrogens with zero attached hydrogens (tertiary/aromatic N) is 1. The highest BCUT2D eigenvalue weighted by molar-refractivity contribution is 5.61. The molecule has 0 bridgehead atoms. The van der Waals surface area contributed by atoms with Gasteiger partial charge in [0, 0.05) is 31.2 Å². The van der Waals surface area contributed by atoms with Gasteiger partial charge in [0.25, 0.3) is 0 Å². The minimum Gasteiger partial charge on any atom is -0.371 e. The molecule has 0 radical (unpaired) electrons. The van der Waals surface area contributed by atoms with E-state index in [2.05, 4.69) is 65.7 Å². The van der Waals surface area contributed by atoms with Gasteiger partial charge in [-0.3, -0.25) is 0 Å². The van der Waals surface area contributed by atoms with E-state index in [1.165, 1.54) is 22.4 Å². The maximum absolute atomic E-state index is 3.25. The van der Waals surface area contributed by atoms with Gasteiger partial charge in [0.15, 0.2) is 0 Å². The fourth-order valence-corrected chi connectivity index (χ4v) is 3.37. The van der Waals surface area contributed by atoms with Crippen molar-refractivity contribution >= 4 is 5.69 Å². The van der Waals surface area contributed by atoms with Crippen LogP contribution in [-0.4, -0.2) is 20.1 Å². The van der Waals surface area contributed by atoms with Crippen molar-refractivity contribution in [2.45, 2.75) is 25.8 Å². The van der Waals surface area contributed by atoms with Gasteiger partial charge in [-0.2, -0.15) is 0 Å². The number of benzene rings is 2.